The molecule has 2 aromatic rings. The number of hydrogen-bond acceptors (Lipinski definition) is 4. The van der Waals surface area contributed by atoms with Gasteiger partial charge in [0.25, 0.3) is 0 Å². The molecule has 2 rings (SSSR count). The standard InChI is InChI=1S/C11H12ClN3O/c1-7-3-4-9(16-7)8(2)14-11-6-13-5-10(12)15-11/h3-6,8H,1-2H3,(H,14,15). The maximum atomic E-state index is 5.74. The highest BCUT2D eigenvalue weighted by atomic mass is 35.5. The summed E-state index contributed by atoms with van der Waals surface area (Å²) < 4.78 is 5.50. The van der Waals surface area contributed by atoms with E-state index in [1.54, 1.807) is 6.20 Å². The quantitative estimate of drug-likeness (QED) is 0.891. The van der Waals surface area contributed by atoms with Crippen LogP contribution in [0.25, 0.3) is 0 Å². The topological polar surface area (TPSA) is 51.0 Å². The lowest BCUT2D eigenvalue weighted by Gasteiger charge is -2.11. The molecule has 0 bridgehead atoms. The van der Waals surface area contributed by atoms with Gasteiger partial charge in [0.1, 0.15) is 22.5 Å². The van der Waals surface area contributed by atoms with E-state index in [0.717, 1.165) is 11.5 Å². The molecule has 84 valence electrons. The average molecular weight is 238 g/mol. The zero-order chi connectivity index (χ0) is 11.5. The Morgan fingerprint density at radius 2 is 2.19 bits per heavy atom. The lowest BCUT2D eigenvalue weighted by Crippen LogP contribution is -2.07. The van der Waals surface area contributed by atoms with Crippen molar-refractivity contribution in [2.45, 2.75) is 19.9 Å². The minimum atomic E-state index is 0.0291. The first-order chi connectivity index (χ1) is 7.65. The van der Waals surface area contributed by atoms with Gasteiger partial charge in [0.05, 0.1) is 18.4 Å². The van der Waals surface area contributed by atoms with E-state index < -0.39 is 0 Å². The fourth-order valence-corrected chi connectivity index (χ4v) is 1.54. The van der Waals surface area contributed by atoms with Crippen LogP contribution in [0.1, 0.15) is 24.5 Å². The van der Waals surface area contributed by atoms with Gasteiger partial charge in [-0.15, -0.1) is 0 Å². The summed E-state index contributed by atoms with van der Waals surface area (Å²) in [6.07, 6.45) is 3.12. The summed E-state index contributed by atoms with van der Waals surface area (Å²) in [5.74, 6) is 2.38. The summed E-state index contributed by atoms with van der Waals surface area (Å²) in [5, 5.41) is 3.53. The molecule has 2 aromatic heterocycles. The van der Waals surface area contributed by atoms with Crippen LogP contribution in [-0.2, 0) is 0 Å². The molecule has 5 heteroatoms. The first kappa shape index (κ1) is 11.0. The van der Waals surface area contributed by atoms with Crippen LogP contribution in [-0.4, -0.2) is 9.97 Å². The third-order valence-corrected chi connectivity index (χ3v) is 2.34. The molecular weight excluding hydrogens is 226 g/mol. The van der Waals surface area contributed by atoms with Gasteiger partial charge in [-0.3, -0.25) is 4.98 Å². The molecule has 0 aliphatic rings. The van der Waals surface area contributed by atoms with Gasteiger partial charge in [-0.2, -0.15) is 0 Å². The summed E-state index contributed by atoms with van der Waals surface area (Å²) in [7, 11) is 0. The summed E-state index contributed by atoms with van der Waals surface area (Å²) in [4.78, 5) is 8.04. The molecule has 0 aliphatic heterocycles. The van der Waals surface area contributed by atoms with E-state index in [-0.39, 0.29) is 6.04 Å². The molecular formula is C11H12ClN3O. The van der Waals surface area contributed by atoms with Crippen LogP contribution < -0.4 is 5.32 Å². The Morgan fingerprint density at radius 1 is 1.38 bits per heavy atom. The highest BCUT2D eigenvalue weighted by Gasteiger charge is 2.09. The maximum absolute atomic E-state index is 5.74. The average Bonchev–Trinajstić information content (AvgIpc) is 2.65. The molecule has 4 nitrogen and oxygen atoms in total. The van der Waals surface area contributed by atoms with E-state index in [0.29, 0.717) is 11.0 Å². The van der Waals surface area contributed by atoms with Gasteiger partial charge in [-0.25, -0.2) is 4.98 Å². The molecule has 2 heterocycles. The second kappa shape index (κ2) is 4.53. The number of anilines is 1. The van der Waals surface area contributed by atoms with Crippen molar-refractivity contribution >= 4 is 17.4 Å². The molecule has 1 atom stereocenters. The van der Waals surface area contributed by atoms with Crippen LogP contribution in [0.4, 0.5) is 5.82 Å². The van der Waals surface area contributed by atoms with Crippen molar-refractivity contribution in [3.8, 4) is 0 Å². The predicted octanol–water partition coefficient (Wildman–Crippen LogP) is 3.20. The number of nitrogens with zero attached hydrogens (tertiary/aromatic N) is 2. The number of furan rings is 1. The van der Waals surface area contributed by atoms with Crippen molar-refractivity contribution in [1.29, 1.82) is 0 Å². The number of aromatic nitrogens is 2. The molecule has 1 N–H and O–H groups in total. The van der Waals surface area contributed by atoms with Crippen LogP contribution in [0.15, 0.2) is 28.9 Å². The minimum absolute atomic E-state index is 0.0291. The Hall–Kier alpha value is -1.55. The summed E-state index contributed by atoms with van der Waals surface area (Å²) >= 11 is 5.74. The van der Waals surface area contributed by atoms with Gasteiger partial charge in [-0.05, 0) is 26.0 Å². The normalized spacial score (nSPS) is 12.4. The third-order valence-electron chi connectivity index (χ3n) is 2.16. The highest BCUT2D eigenvalue weighted by Crippen LogP contribution is 2.20. The molecule has 0 saturated heterocycles. The first-order valence-electron chi connectivity index (χ1n) is 4.95. The maximum Gasteiger partial charge on any atom is 0.149 e. The van der Waals surface area contributed by atoms with E-state index in [1.165, 1.54) is 6.20 Å². The predicted molar refractivity (Wildman–Crippen MR) is 62.5 cm³/mol. The van der Waals surface area contributed by atoms with Crippen molar-refractivity contribution < 1.29 is 4.42 Å². The van der Waals surface area contributed by atoms with E-state index in [1.807, 2.05) is 26.0 Å². The molecule has 0 radical (unpaired) electrons. The van der Waals surface area contributed by atoms with Crippen LogP contribution in [0, 0.1) is 6.92 Å². The summed E-state index contributed by atoms with van der Waals surface area (Å²) in [6.45, 7) is 3.90. The van der Waals surface area contributed by atoms with Gasteiger partial charge in [-0.1, -0.05) is 11.6 Å². The number of nitrogens with one attached hydrogen (secondary N) is 1. The Morgan fingerprint density at radius 3 is 2.81 bits per heavy atom. The Bertz CT molecular complexity index is 484. The monoisotopic (exact) mass is 237 g/mol. The van der Waals surface area contributed by atoms with Crippen molar-refractivity contribution in [3.05, 3.63) is 41.2 Å². The summed E-state index contributed by atoms with van der Waals surface area (Å²) in [5.41, 5.74) is 0. The molecule has 0 aromatic carbocycles. The van der Waals surface area contributed by atoms with E-state index in [9.17, 15) is 0 Å². The van der Waals surface area contributed by atoms with Gasteiger partial charge in [0, 0.05) is 0 Å². The molecule has 0 amide bonds. The van der Waals surface area contributed by atoms with E-state index in [2.05, 4.69) is 15.3 Å². The molecule has 16 heavy (non-hydrogen) atoms. The first-order valence-corrected chi connectivity index (χ1v) is 5.33. The van der Waals surface area contributed by atoms with Crippen LogP contribution in [0.3, 0.4) is 0 Å². The number of hydrogen-bond donors (Lipinski definition) is 1. The smallest absolute Gasteiger partial charge is 0.149 e. The second-order valence-corrected chi connectivity index (χ2v) is 3.93. The Kier molecular flexibility index (Phi) is 3.10. The van der Waals surface area contributed by atoms with Crippen molar-refractivity contribution in [2.24, 2.45) is 0 Å². The Labute approximate surface area is 98.7 Å². The molecule has 0 fully saturated rings. The number of aryl methyl sites for hydroxylation is 1. The van der Waals surface area contributed by atoms with E-state index >= 15 is 0 Å². The van der Waals surface area contributed by atoms with Crippen molar-refractivity contribution in [1.82, 2.24) is 9.97 Å². The minimum Gasteiger partial charge on any atom is -0.464 e. The fraction of sp³-hybridized carbons (Fsp3) is 0.273. The third kappa shape index (κ3) is 2.52. The van der Waals surface area contributed by atoms with E-state index in [4.69, 9.17) is 16.0 Å². The molecule has 0 spiro atoms. The molecule has 0 saturated carbocycles. The fourth-order valence-electron chi connectivity index (χ4n) is 1.39. The van der Waals surface area contributed by atoms with Crippen LogP contribution >= 0.6 is 11.6 Å². The van der Waals surface area contributed by atoms with Gasteiger partial charge in [0.15, 0.2) is 0 Å². The Balaban J connectivity index is 2.10. The van der Waals surface area contributed by atoms with Crippen molar-refractivity contribution in [2.75, 3.05) is 5.32 Å². The van der Waals surface area contributed by atoms with Crippen LogP contribution in [0.2, 0.25) is 5.15 Å². The lowest BCUT2D eigenvalue weighted by molar-refractivity contribution is 0.466. The van der Waals surface area contributed by atoms with Crippen LogP contribution in [0.5, 0.6) is 0 Å². The molecule has 0 aliphatic carbocycles. The largest absolute Gasteiger partial charge is 0.464 e. The number of halogens is 1. The highest BCUT2D eigenvalue weighted by molar-refractivity contribution is 6.29. The van der Waals surface area contributed by atoms with Crippen molar-refractivity contribution in [3.63, 3.8) is 0 Å². The number of rotatable bonds is 3. The summed E-state index contributed by atoms with van der Waals surface area (Å²) in [6, 6.07) is 3.89. The zero-order valence-electron chi connectivity index (χ0n) is 9.07. The zero-order valence-corrected chi connectivity index (χ0v) is 9.82. The van der Waals surface area contributed by atoms with Gasteiger partial charge >= 0.3 is 0 Å². The molecule has 1 unspecified atom stereocenters. The van der Waals surface area contributed by atoms with Gasteiger partial charge in [0.2, 0.25) is 0 Å². The lowest BCUT2D eigenvalue weighted by atomic mass is 10.2. The SMILES string of the molecule is Cc1ccc(C(C)Nc2cncc(Cl)n2)o1. The van der Waals surface area contributed by atoms with Gasteiger partial charge < -0.3 is 9.73 Å². The second-order valence-electron chi connectivity index (χ2n) is 3.54.